The predicted molar refractivity (Wildman–Crippen MR) is 143 cm³/mol. The van der Waals surface area contributed by atoms with Crippen LogP contribution in [0, 0.1) is 13.8 Å². The van der Waals surface area contributed by atoms with Crippen molar-refractivity contribution < 1.29 is 13.2 Å². The summed E-state index contributed by atoms with van der Waals surface area (Å²) < 4.78 is 40.9. The van der Waals surface area contributed by atoms with Crippen LogP contribution in [0.25, 0.3) is 0 Å². The minimum Gasteiger partial charge on any atom is -0.295 e. The lowest BCUT2D eigenvalue weighted by molar-refractivity contribution is -0.137. The second-order valence-electron chi connectivity index (χ2n) is 8.99. The Labute approximate surface area is 212 Å². The molecule has 0 aliphatic heterocycles. The first kappa shape index (κ1) is 26.1. The highest BCUT2D eigenvalue weighted by atomic mass is 31.1. The molecule has 0 amide bonds. The first-order chi connectivity index (χ1) is 17.3. The lowest BCUT2D eigenvalue weighted by Crippen LogP contribution is -2.32. The van der Waals surface area contributed by atoms with E-state index in [1.165, 1.54) is 22.7 Å². The van der Waals surface area contributed by atoms with Crippen LogP contribution in [0.5, 0.6) is 0 Å². The van der Waals surface area contributed by atoms with Crippen molar-refractivity contribution in [2.45, 2.75) is 32.2 Å². The summed E-state index contributed by atoms with van der Waals surface area (Å²) in [4.78, 5) is 6.77. The van der Waals surface area contributed by atoms with Crippen LogP contribution in [0.4, 0.5) is 13.2 Å². The SMILES string of the molecule is Cc1cc(C(F)(F)F)cc(C)c1C(N(C)CCc1ccccn1)P(c1ccccc1)c1ccccc1. The van der Waals surface area contributed by atoms with Crippen molar-refractivity contribution in [2.75, 3.05) is 13.6 Å². The van der Waals surface area contributed by atoms with Crippen molar-refractivity contribution in [3.8, 4) is 0 Å². The van der Waals surface area contributed by atoms with E-state index in [9.17, 15) is 13.2 Å². The monoisotopic (exact) mass is 506 g/mol. The van der Waals surface area contributed by atoms with E-state index in [-0.39, 0.29) is 5.78 Å². The van der Waals surface area contributed by atoms with Gasteiger partial charge in [0, 0.05) is 24.9 Å². The van der Waals surface area contributed by atoms with Gasteiger partial charge < -0.3 is 0 Å². The van der Waals surface area contributed by atoms with Crippen molar-refractivity contribution in [1.82, 2.24) is 9.88 Å². The number of halogens is 3. The largest absolute Gasteiger partial charge is 0.416 e. The molecule has 0 aliphatic carbocycles. The Kier molecular flexibility index (Phi) is 8.23. The summed E-state index contributed by atoms with van der Waals surface area (Å²) in [5.74, 6) is -0.115. The highest BCUT2D eigenvalue weighted by molar-refractivity contribution is 7.73. The summed E-state index contributed by atoms with van der Waals surface area (Å²) in [6, 6.07) is 29.1. The molecule has 0 spiro atoms. The van der Waals surface area contributed by atoms with E-state index in [2.05, 4.69) is 41.2 Å². The van der Waals surface area contributed by atoms with Gasteiger partial charge in [-0.05, 0) is 80.4 Å². The Morgan fingerprint density at radius 1 is 0.806 bits per heavy atom. The van der Waals surface area contributed by atoms with Crippen molar-refractivity contribution in [2.24, 2.45) is 0 Å². The fourth-order valence-electron chi connectivity index (χ4n) is 4.66. The number of benzene rings is 3. The van der Waals surface area contributed by atoms with Crippen LogP contribution in [-0.4, -0.2) is 23.5 Å². The second-order valence-corrected chi connectivity index (χ2v) is 11.2. The van der Waals surface area contributed by atoms with Gasteiger partial charge in [0.2, 0.25) is 0 Å². The predicted octanol–water partition coefficient (Wildman–Crippen LogP) is 7.02. The van der Waals surface area contributed by atoms with E-state index in [0.717, 1.165) is 24.2 Å². The number of rotatable bonds is 8. The second kappa shape index (κ2) is 11.4. The third kappa shape index (κ3) is 6.03. The molecule has 0 fully saturated rings. The van der Waals surface area contributed by atoms with Crippen LogP contribution in [-0.2, 0) is 12.6 Å². The Morgan fingerprint density at radius 3 is 1.81 bits per heavy atom. The smallest absolute Gasteiger partial charge is 0.295 e. The average molecular weight is 507 g/mol. The summed E-state index contributed by atoms with van der Waals surface area (Å²) in [6.45, 7) is 4.33. The van der Waals surface area contributed by atoms with E-state index in [0.29, 0.717) is 11.1 Å². The van der Waals surface area contributed by atoms with E-state index in [1.807, 2.05) is 54.6 Å². The zero-order valence-corrected chi connectivity index (χ0v) is 21.6. The van der Waals surface area contributed by atoms with E-state index < -0.39 is 19.7 Å². The number of hydrogen-bond donors (Lipinski definition) is 0. The van der Waals surface area contributed by atoms with Crippen molar-refractivity contribution in [3.05, 3.63) is 125 Å². The molecule has 0 saturated carbocycles. The van der Waals surface area contributed by atoms with Gasteiger partial charge in [-0.15, -0.1) is 0 Å². The molecule has 0 radical (unpaired) electrons. The van der Waals surface area contributed by atoms with Gasteiger partial charge in [-0.1, -0.05) is 66.7 Å². The fourth-order valence-corrected chi connectivity index (χ4v) is 7.68. The van der Waals surface area contributed by atoms with Crippen molar-refractivity contribution in [3.63, 3.8) is 0 Å². The van der Waals surface area contributed by atoms with Crippen LogP contribution in [0.3, 0.4) is 0 Å². The third-order valence-corrected chi connectivity index (χ3v) is 9.21. The molecule has 1 heterocycles. The summed E-state index contributed by atoms with van der Waals surface area (Å²) >= 11 is 0. The highest BCUT2D eigenvalue weighted by Gasteiger charge is 2.35. The van der Waals surface area contributed by atoms with Gasteiger partial charge >= 0.3 is 6.18 Å². The van der Waals surface area contributed by atoms with E-state index in [4.69, 9.17) is 0 Å². The first-order valence-electron chi connectivity index (χ1n) is 11.9. The molecular weight excluding hydrogens is 476 g/mol. The van der Waals surface area contributed by atoms with Crippen molar-refractivity contribution >= 4 is 18.5 Å². The number of nitrogens with zero attached hydrogens (tertiary/aromatic N) is 2. The summed E-state index contributed by atoms with van der Waals surface area (Å²) in [5.41, 5.74) is 2.69. The quantitative estimate of drug-likeness (QED) is 0.239. The van der Waals surface area contributed by atoms with Gasteiger partial charge in [0.25, 0.3) is 0 Å². The van der Waals surface area contributed by atoms with Gasteiger partial charge in [0.05, 0.1) is 11.3 Å². The molecule has 36 heavy (non-hydrogen) atoms. The Balaban J connectivity index is 1.86. The molecule has 1 unspecified atom stereocenters. The fraction of sp³-hybridized carbons (Fsp3) is 0.233. The topological polar surface area (TPSA) is 16.1 Å². The Bertz CT molecular complexity index is 1200. The number of aryl methyl sites for hydroxylation is 2. The Hall–Kier alpha value is -3.01. The van der Waals surface area contributed by atoms with E-state index >= 15 is 0 Å². The molecule has 3 aromatic carbocycles. The maximum atomic E-state index is 13.6. The molecule has 6 heteroatoms. The molecule has 0 bridgehead atoms. The zero-order chi connectivity index (χ0) is 25.7. The molecule has 186 valence electrons. The van der Waals surface area contributed by atoms with Crippen LogP contribution in [0.15, 0.2) is 97.2 Å². The lowest BCUT2D eigenvalue weighted by atomic mass is 9.98. The normalized spacial score (nSPS) is 12.8. The standard InChI is InChI=1S/C30H30F3N2P/c1-22-20-24(30(31,32)33)21-23(2)28(22)29(35(3)19-17-25-12-10-11-18-34-25)36(26-13-6-4-7-14-26)27-15-8-5-9-16-27/h4-16,18,20-21,29H,17,19H2,1-3H3. The van der Waals surface area contributed by atoms with Gasteiger partial charge in [-0.3, -0.25) is 9.88 Å². The minimum atomic E-state index is -4.38. The van der Waals surface area contributed by atoms with E-state index in [1.54, 1.807) is 20.0 Å². The third-order valence-electron chi connectivity index (χ3n) is 6.36. The molecule has 4 aromatic rings. The first-order valence-corrected chi connectivity index (χ1v) is 13.3. The van der Waals surface area contributed by atoms with Crippen LogP contribution >= 0.6 is 7.92 Å². The number of likely N-dealkylation sites (N-methyl/N-ethyl adjacent to an activating group) is 1. The molecule has 1 atom stereocenters. The molecule has 1 aromatic heterocycles. The molecule has 2 nitrogen and oxygen atoms in total. The molecule has 0 saturated heterocycles. The summed E-state index contributed by atoms with van der Waals surface area (Å²) in [7, 11) is 1.12. The minimum absolute atomic E-state index is 0.115. The van der Waals surface area contributed by atoms with Gasteiger partial charge in [-0.2, -0.15) is 13.2 Å². The zero-order valence-electron chi connectivity index (χ0n) is 20.7. The summed E-state index contributed by atoms with van der Waals surface area (Å²) in [5, 5.41) is 2.37. The molecule has 0 aliphatic rings. The van der Waals surface area contributed by atoms with Gasteiger partial charge in [-0.25, -0.2) is 0 Å². The average Bonchev–Trinajstić information content (AvgIpc) is 2.87. The number of aromatic nitrogens is 1. The molecular formula is C30H30F3N2P. The highest BCUT2D eigenvalue weighted by Crippen LogP contribution is 2.53. The lowest BCUT2D eigenvalue weighted by Gasteiger charge is -2.38. The van der Waals surface area contributed by atoms with Crippen LogP contribution < -0.4 is 10.6 Å². The van der Waals surface area contributed by atoms with Gasteiger partial charge in [0.1, 0.15) is 0 Å². The van der Waals surface area contributed by atoms with Crippen LogP contribution in [0.2, 0.25) is 0 Å². The van der Waals surface area contributed by atoms with Crippen LogP contribution in [0.1, 0.15) is 33.7 Å². The maximum Gasteiger partial charge on any atom is 0.416 e. The number of pyridine rings is 1. The Morgan fingerprint density at radius 2 is 1.33 bits per heavy atom. The maximum absolute atomic E-state index is 13.6. The molecule has 0 N–H and O–H groups in total. The summed E-state index contributed by atoms with van der Waals surface area (Å²) in [6.07, 6.45) is -1.84. The number of hydrogen-bond acceptors (Lipinski definition) is 2. The van der Waals surface area contributed by atoms with Crippen molar-refractivity contribution in [1.29, 1.82) is 0 Å². The number of alkyl halides is 3. The van der Waals surface area contributed by atoms with Gasteiger partial charge in [0.15, 0.2) is 0 Å². The molecule has 4 rings (SSSR count).